The van der Waals surface area contributed by atoms with Gasteiger partial charge in [0.25, 0.3) is 0 Å². The molecule has 1 atom stereocenters. The van der Waals surface area contributed by atoms with Crippen LogP contribution in [0.3, 0.4) is 0 Å². The van der Waals surface area contributed by atoms with Crippen molar-refractivity contribution < 1.29 is 4.74 Å². The number of anilines is 1. The molecular weight excluding hydrogens is 252 g/mol. The molecule has 0 fully saturated rings. The zero-order valence-electron chi connectivity index (χ0n) is 13.1. The first-order valence-electron chi connectivity index (χ1n) is 6.76. The van der Waals surface area contributed by atoms with Gasteiger partial charge in [-0.05, 0) is 31.0 Å². The van der Waals surface area contributed by atoms with E-state index in [2.05, 4.69) is 40.3 Å². The lowest BCUT2D eigenvalue weighted by Crippen LogP contribution is -2.40. The lowest BCUT2D eigenvalue weighted by molar-refractivity contribution is 0.179. The van der Waals surface area contributed by atoms with Gasteiger partial charge in [-0.1, -0.05) is 12.1 Å². The van der Waals surface area contributed by atoms with E-state index in [0.29, 0.717) is 19.1 Å². The zero-order chi connectivity index (χ0) is 15.1. The molecule has 0 aliphatic heterocycles. The highest BCUT2D eigenvalue weighted by molar-refractivity contribution is 5.78. The van der Waals surface area contributed by atoms with E-state index < -0.39 is 0 Å². The maximum Gasteiger partial charge on any atom is 0.189 e. The Bertz CT molecular complexity index is 457. The number of guanidine groups is 1. The molecule has 1 rings (SSSR count). The normalized spacial score (nSPS) is 13.2. The molecule has 20 heavy (non-hydrogen) atoms. The Morgan fingerprint density at radius 2 is 2.15 bits per heavy atom. The van der Waals surface area contributed by atoms with Gasteiger partial charge >= 0.3 is 0 Å². The Labute approximate surface area is 121 Å². The average molecular weight is 278 g/mol. The van der Waals surface area contributed by atoms with E-state index in [4.69, 9.17) is 10.5 Å². The second kappa shape index (κ2) is 7.75. The van der Waals surface area contributed by atoms with Gasteiger partial charge in [0.2, 0.25) is 0 Å². The maximum atomic E-state index is 5.88. The minimum absolute atomic E-state index is 0.148. The first-order valence-corrected chi connectivity index (χ1v) is 6.76. The van der Waals surface area contributed by atoms with Crippen molar-refractivity contribution in [3.63, 3.8) is 0 Å². The fourth-order valence-corrected chi connectivity index (χ4v) is 1.98. The van der Waals surface area contributed by atoms with Crippen LogP contribution in [-0.4, -0.2) is 39.8 Å². The van der Waals surface area contributed by atoms with Crippen molar-refractivity contribution in [3.8, 4) is 0 Å². The van der Waals surface area contributed by atoms with Crippen LogP contribution in [0.1, 0.15) is 18.1 Å². The van der Waals surface area contributed by atoms with Crippen LogP contribution >= 0.6 is 0 Å². The van der Waals surface area contributed by atoms with E-state index in [0.717, 1.165) is 5.56 Å². The highest BCUT2D eigenvalue weighted by Gasteiger charge is 2.05. The van der Waals surface area contributed by atoms with Crippen molar-refractivity contribution in [2.75, 3.05) is 32.7 Å². The molecule has 5 nitrogen and oxygen atoms in total. The zero-order valence-corrected chi connectivity index (χ0v) is 13.1. The largest absolute Gasteiger partial charge is 0.383 e. The summed E-state index contributed by atoms with van der Waals surface area (Å²) in [5.41, 5.74) is 9.45. The molecule has 0 saturated heterocycles. The number of hydrogen-bond acceptors (Lipinski definition) is 3. The molecule has 5 heteroatoms. The Morgan fingerprint density at radius 3 is 2.75 bits per heavy atom. The predicted octanol–water partition coefficient (Wildman–Crippen LogP) is 1.50. The van der Waals surface area contributed by atoms with Gasteiger partial charge in [0.05, 0.1) is 13.2 Å². The molecule has 0 spiro atoms. The summed E-state index contributed by atoms with van der Waals surface area (Å²) in [6, 6.07) is 6.49. The topological polar surface area (TPSA) is 62.9 Å². The van der Waals surface area contributed by atoms with Crippen LogP contribution in [-0.2, 0) is 11.3 Å². The number of methoxy groups -OCH3 is 1. The number of hydrogen-bond donors (Lipinski definition) is 2. The summed E-state index contributed by atoms with van der Waals surface area (Å²) >= 11 is 0. The van der Waals surface area contributed by atoms with Crippen molar-refractivity contribution in [3.05, 3.63) is 29.3 Å². The van der Waals surface area contributed by atoms with Crippen molar-refractivity contribution in [1.82, 2.24) is 5.32 Å². The van der Waals surface area contributed by atoms with Crippen molar-refractivity contribution in [2.24, 2.45) is 10.7 Å². The first-order chi connectivity index (χ1) is 9.43. The van der Waals surface area contributed by atoms with Crippen LogP contribution in [0.2, 0.25) is 0 Å². The van der Waals surface area contributed by atoms with Crippen LogP contribution in [0.25, 0.3) is 0 Å². The standard InChI is InChI=1S/C15H26N4O/c1-11-6-7-13(14(8-11)19(3)4)9-17-15(16)18-12(2)10-20-5/h6-8,12H,9-10H2,1-5H3,(H3,16,17,18). The molecule has 0 radical (unpaired) electrons. The van der Waals surface area contributed by atoms with Crippen molar-refractivity contribution >= 4 is 11.6 Å². The number of rotatable bonds is 6. The highest BCUT2D eigenvalue weighted by atomic mass is 16.5. The third kappa shape index (κ3) is 5.09. The maximum absolute atomic E-state index is 5.88. The monoisotopic (exact) mass is 278 g/mol. The summed E-state index contributed by atoms with van der Waals surface area (Å²) < 4.78 is 5.05. The summed E-state index contributed by atoms with van der Waals surface area (Å²) in [4.78, 5) is 6.48. The minimum atomic E-state index is 0.148. The highest BCUT2D eigenvalue weighted by Crippen LogP contribution is 2.20. The fraction of sp³-hybridized carbons (Fsp3) is 0.533. The number of nitrogens with zero attached hydrogens (tertiary/aromatic N) is 2. The van der Waals surface area contributed by atoms with Crippen LogP contribution in [0.5, 0.6) is 0 Å². The molecule has 0 saturated carbocycles. The third-order valence-electron chi connectivity index (χ3n) is 2.95. The summed E-state index contributed by atoms with van der Waals surface area (Å²) in [5.74, 6) is 0.444. The Hall–Kier alpha value is -1.75. The van der Waals surface area contributed by atoms with Gasteiger partial charge in [-0.25, -0.2) is 4.99 Å². The van der Waals surface area contributed by atoms with Gasteiger partial charge in [0.1, 0.15) is 0 Å². The van der Waals surface area contributed by atoms with Gasteiger partial charge < -0.3 is 20.7 Å². The van der Waals surface area contributed by atoms with E-state index in [1.54, 1.807) is 7.11 Å². The number of nitrogens with two attached hydrogens (primary N) is 1. The summed E-state index contributed by atoms with van der Waals surface area (Å²) in [6.07, 6.45) is 0. The van der Waals surface area contributed by atoms with Gasteiger partial charge in [-0.3, -0.25) is 0 Å². The number of aliphatic imine (C=N–C) groups is 1. The molecule has 1 unspecified atom stereocenters. The van der Waals surface area contributed by atoms with Gasteiger partial charge in [-0.15, -0.1) is 0 Å². The lowest BCUT2D eigenvalue weighted by atomic mass is 10.1. The number of ether oxygens (including phenoxy) is 1. The molecule has 112 valence electrons. The van der Waals surface area contributed by atoms with Crippen LogP contribution < -0.4 is 16.0 Å². The van der Waals surface area contributed by atoms with E-state index >= 15 is 0 Å². The molecule has 0 aliphatic rings. The van der Waals surface area contributed by atoms with Crippen molar-refractivity contribution in [1.29, 1.82) is 0 Å². The second-order valence-electron chi connectivity index (χ2n) is 5.23. The molecule has 0 heterocycles. The lowest BCUT2D eigenvalue weighted by Gasteiger charge is -2.18. The van der Waals surface area contributed by atoms with E-state index in [1.807, 2.05) is 21.0 Å². The fourth-order valence-electron chi connectivity index (χ4n) is 1.98. The van der Waals surface area contributed by atoms with Gasteiger partial charge in [0, 0.05) is 32.9 Å². The van der Waals surface area contributed by atoms with E-state index in [-0.39, 0.29) is 6.04 Å². The Balaban J connectivity index is 2.73. The molecule has 0 aliphatic carbocycles. The molecule has 3 N–H and O–H groups in total. The smallest absolute Gasteiger partial charge is 0.189 e. The number of benzene rings is 1. The summed E-state index contributed by atoms with van der Waals surface area (Å²) in [7, 11) is 5.73. The minimum Gasteiger partial charge on any atom is -0.383 e. The molecule has 1 aromatic carbocycles. The molecule has 0 aromatic heterocycles. The number of nitrogens with one attached hydrogen (secondary N) is 1. The van der Waals surface area contributed by atoms with E-state index in [9.17, 15) is 0 Å². The SMILES string of the molecule is COCC(C)NC(N)=NCc1ccc(C)cc1N(C)C. The van der Waals surface area contributed by atoms with Crippen LogP contribution in [0.15, 0.2) is 23.2 Å². The summed E-state index contributed by atoms with van der Waals surface area (Å²) in [6.45, 7) is 5.25. The van der Waals surface area contributed by atoms with Crippen molar-refractivity contribution in [2.45, 2.75) is 26.4 Å². The molecule has 1 aromatic rings. The molecule has 0 bridgehead atoms. The first kappa shape index (κ1) is 16.3. The van der Waals surface area contributed by atoms with Gasteiger partial charge in [0.15, 0.2) is 5.96 Å². The van der Waals surface area contributed by atoms with Crippen LogP contribution in [0.4, 0.5) is 5.69 Å². The van der Waals surface area contributed by atoms with Crippen LogP contribution in [0, 0.1) is 6.92 Å². The average Bonchev–Trinajstić information content (AvgIpc) is 2.37. The van der Waals surface area contributed by atoms with E-state index in [1.165, 1.54) is 11.3 Å². The number of aryl methyl sites for hydroxylation is 1. The predicted molar refractivity (Wildman–Crippen MR) is 85.3 cm³/mol. The second-order valence-corrected chi connectivity index (χ2v) is 5.23. The molecular formula is C15H26N4O. The third-order valence-corrected chi connectivity index (χ3v) is 2.95. The Kier molecular flexibility index (Phi) is 6.31. The Morgan fingerprint density at radius 1 is 1.45 bits per heavy atom. The van der Waals surface area contributed by atoms with Gasteiger partial charge in [-0.2, -0.15) is 0 Å². The summed E-state index contributed by atoms with van der Waals surface area (Å²) in [5, 5.41) is 3.10. The quantitative estimate of drug-likeness (QED) is 0.611. The molecule has 0 amide bonds.